The number of amides is 1. The highest BCUT2D eigenvalue weighted by atomic mass is 32.2. The SMILES string of the molecule is O=C(CCc1cccc(F)c1)NC1CCSc2ccc(F)cc21. The Morgan fingerprint density at radius 1 is 1.17 bits per heavy atom. The lowest BCUT2D eigenvalue weighted by Gasteiger charge is -2.26. The highest BCUT2D eigenvalue weighted by Crippen LogP contribution is 2.36. The lowest BCUT2D eigenvalue weighted by atomic mass is 10.0. The van der Waals surface area contributed by atoms with E-state index in [1.807, 2.05) is 0 Å². The van der Waals surface area contributed by atoms with Crippen molar-refractivity contribution in [3.05, 3.63) is 65.2 Å². The Labute approximate surface area is 138 Å². The van der Waals surface area contributed by atoms with Crippen molar-refractivity contribution in [1.82, 2.24) is 5.32 Å². The Hall–Kier alpha value is -1.88. The molecule has 1 aliphatic heterocycles. The normalized spacial score (nSPS) is 16.7. The van der Waals surface area contributed by atoms with Gasteiger partial charge in [0, 0.05) is 17.1 Å². The molecule has 1 heterocycles. The van der Waals surface area contributed by atoms with Gasteiger partial charge in [-0.1, -0.05) is 12.1 Å². The van der Waals surface area contributed by atoms with Gasteiger partial charge in [0.25, 0.3) is 0 Å². The van der Waals surface area contributed by atoms with Gasteiger partial charge in [0.2, 0.25) is 5.91 Å². The number of halogens is 2. The van der Waals surface area contributed by atoms with Gasteiger partial charge in [0.1, 0.15) is 11.6 Å². The summed E-state index contributed by atoms with van der Waals surface area (Å²) in [7, 11) is 0. The number of aryl methyl sites for hydroxylation is 1. The van der Waals surface area contributed by atoms with E-state index in [2.05, 4.69) is 5.32 Å². The Bertz CT molecular complexity index is 720. The van der Waals surface area contributed by atoms with Gasteiger partial charge in [-0.05, 0) is 54.3 Å². The van der Waals surface area contributed by atoms with Crippen molar-refractivity contribution in [3.63, 3.8) is 0 Å². The molecule has 23 heavy (non-hydrogen) atoms. The van der Waals surface area contributed by atoms with Crippen LogP contribution in [-0.2, 0) is 11.2 Å². The number of carbonyl (C=O) groups is 1. The van der Waals surface area contributed by atoms with E-state index in [0.29, 0.717) is 6.42 Å². The molecule has 5 heteroatoms. The molecule has 2 aromatic carbocycles. The molecular formula is C18H17F2NOS. The molecule has 0 saturated carbocycles. The van der Waals surface area contributed by atoms with E-state index in [9.17, 15) is 13.6 Å². The largest absolute Gasteiger partial charge is 0.349 e. The fourth-order valence-corrected chi connectivity index (χ4v) is 3.84. The van der Waals surface area contributed by atoms with Crippen LogP contribution in [0.2, 0.25) is 0 Å². The summed E-state index contributed by atoms with van der Waals surface area (Å²) in [6, 6.07) is 10.8. The number of fused-ring (bicyclic) bond motifs is 1. The maximum Gasteiger partial charge on any atom is 0.220 e. The quantitative estimate of drug-likeness (QED) is 0.906. The van der Waals surface area contributed by atoms with Crippen molar-refractivity contribution in [3.8, 4) is 0 Å². The maximum atomic E-state index is 13.5. The maximum absolute atomic E-state index is 13.5. The molecule has 1 amide bonds. The molecule has 1 unspecified atom stereocenters. The van der Waals surface area contributed by atoms with Crippen LogP contribution in [0.5, 0.6) is 0 Å². The van der Waals surface area contributed by atoms with Gasteiger partial charge >= 0.3 is 0 Å². The molecular weight excluding hydrogens is 316 g/mol. The molecule has 3 rings (SSSR count). The zero-order valence-corrected chi connectivity index (χ0v) is 13.3. The van der Waals surface area contributed by atoms with Crippen LogP contribution in [0.15, 0.2) is 47.4 Å². The number of carbonyl (C=O) groups excluding carboxylic acids is 1. The lowest BCUT2D eigenvalue weighted by Crippen LogP contribution is -2.30. The third kappa shape index (κ3) is 4.10. The molecule has 0 aliphatic carbocycles. The summed E-state index contributed by atoms with van der Waals surface area (Å²) < 4.78 is 26.6. The summed E-state index contributed by atoms with van der Waals surface area (Å²) in [4.78, 5) is 13.2. The summed E-state index contributed by atoms with van der Waals surface area (Å²) >= 11 is 1.68. The topological polar surface area (TPSA) is 29.1 Å². The Balaban J connectivity index is 1.62. The summed E-state index contributed by atoms with van der Waals surface area (Å²) in [5.41, 5.74) is 1.64. The lowest BCUT2D eigenvalue weighted by molar-refractivity contribution is -0.121. The average Bonchev–Trinajstić information content (AvgIpc) is 2.54. The smallest absolute Gasteiger partial charge is 0.220 e. The molecule has 120 valence electrons. The van der Waals surface area contributed by atoms with E-state index in [1.165, 1.54) is 24.3 Å². The minimum absolute atomic E-state index is 0.0960. The van der Waals surface area contributed by atoms with E-state index in [4.69, 9.17) is 0 Å². The van der Waals surface area contributed by atoms with Crippen molar-refractivity contribution in [2.75, 3.05) is 5.75 Å². The van der Waals surface area contributed by atoms with Crippen LogP contribution in [0, 0.1) is 11.6 Å². The van der Waals surface area contributed by atoms with Gasteiger partial charge in [0.15, 0.2) is 0 Å². The first-order valence-corrected chi connectivity index (χ1v) is 8.56. The minimum atomic E-state index is -0.295. The molecule has 0 radical (unpaired) electrons. The molecule has 1 atom stereocenters. The predicted molar refractivity (Wildman–Crippen MR) is 87.3 cm³/mol. The first-order valence-electron chi connectivity index (χ1n) is 7.58. The monoisotopic (exact) mass is 333 g/mol. The molecule has 0 fully saturated rings. The van der Waals surface area contributed by atoms with Crippen molar-refractivity contribution < 1.29 is 13.6 Å². The van der Waals surface area contributed by atoms with E-state index < -0.39 is 0 Å². The number of thioether (sulfide) groups is 1. The second kappa shape index (κ2) is 7.13. The van der Waals surface area contributed by atoms with Crippen molar-refractivity contribution in [2.45, 2.75) is 30.2 Å². The van der Waals surface area contributed by atoms with Gasteiger partial charge in [-0.2, -0.15) is 0 Å². The van der Waals surface area contributed by atoms with Crippen LogP contribution in [0.4, 0.5) is 8.78 Å². The number of hydrogen-bond acceptors (Lipinski definition) is 2. The van der Waals surface area contributed by atoms with Crippen LogP contribution in [0.25, 0.3) is 0 Å². The van der Waals surface area contributed by atoms with Crippen LogP contribution in [0.3, 0.4) is 0 Å². The highest BCUT2D eigenvalue weighted by Gasteiger charge is 2.22. The fraction of sp³-hybridized carbons (Fsp3) is 0.278. The predicted octanol–water partition coefficient (Wildman–Crippen LogP) is 4.25. The molecule has 0 bridgehead atoms. The molecule has 2 nitrogen and oxygen atoms in total. The third-order valence-corrected chi connectivity index (χ3v) is 5.00. The van der Waals surface area contributed by atoms with Gasteiger partial charge < -0.3 is 5.32 Å². The zero-order valence-electron chi connectivity index (χ0n) is 12.5. The number of benzene rings is 2. The van der Waals surface area contributed by atoms with Gasteiger partial charge in [0.05, 0.1) is 6.04 Å². The number of hydrogen-bond donors (Lipinski definition) is 1. The van der Waals surface area contributed by atoms with Crippen LogP contribution in [-0.4, -0.2) is 11.7 Å². The molecule has 1 aliphatic rings. The summed E-state index contributed by atoms with van der Waals surface area (Å²) in [5.74, 6) is 0.219. The van der Waals surface area contributed by atoms with E-state index in [1.54, 1.807) is 30.0 Å². The molecule has 0 aromatic heterocycles. The molecule has 0 saturated heterocycles. The zero-order chi connectivity index (χ0) is 16.2. The Kier molecular flexibility index (Phi) is 4.96. The van der Waals surface area contributed by atoms with E-state index >= 15 is 0 Å². The van der Waals surface area contributed by atoms with Crippen molar-refractivity contribution in [1.29, 1.82) is 0 Å². The molecule has 2 aromatic rings. The van der Waals surface area contributed by atoms with Crippen molar-refractivity contribution >= 4 is 17.7 Å². The Morgan fingerprint density at radius 2 is 2.00 bits per heavy atom. The Morgan fingerprint density at radius 3 is 2.83 bits per heavy atom. The van der Waals surface area contributed by atoms with Crippen LogP contribution < -0.4 is 5.32 Å². The third-order valence-electron chi connectivity index (χ3n) is 3.88. The van der Waals surface area contributed by atoms with E-state index in [0.717, 1.165) is 28.2 Å². The second-order valence-corrected chi connectivity index (χ2v) is 6.71. The minimum Gasteiger partial charge on any atom is -0.349 e. The second-order valence-electron chi connectivity index (χ2n) is 5.57. The van der Waals surface area contributed by atoms with E-state index in [-0.39, 0.29) is 30.0 Å². The first kappa shape index (κ1) is 16.0. The summed E-state index contributed by atoms with van der Waals surface area (Å²) in [6.07, 6.45) is 1.56. The van der Waals surface area contributed by atoms with Crippen LogP contribution in [0.1, 0.15) is 30.0 Å². The van der Waals surface area contributed by atoms with Gasteiger partial charge in [-0.15, -0.1) is 11.8 Å². The molecule has 1 N–H and O–H groups in total. The summed E-state index contributed by atoms with van der Waals surface area (Å²) in [5, 5.41) is 2.97. The fourth-order valence-electron chi connectivity index (χ4n) is 2.73. The molecule has 0 spiro atoms. The highest BCUT2D eigenvalue weighted by molar-refractivity contribution is 7.99. The van der Waals surface area contributed by atoms with Crippen LogP contribution >= 0.6 is 11.8 Å². The van der Waals surface area contributed by atoms with Gasteiger partial charge in [-0.25, -0.2) is 8.78 Å². The number of nitrogens with one attached hydrogen (secondary N) is 1. The van der Waals surface area contributed by atoms with Gasteiger partial charge in [-0.3, -0.25) is 4.79 Å². The summed E-state index contributed by atoms with van der Waals surface area (Å²) in [6.45, 7) is 0. The van der Waals surface area contributed by atoms with Crippen molar-refractivity contribution in [2.24, 2.45) is 0 Å². The average molecular weight is 333 g/mol. The number of rotatable bonds is 4. The standard InChI is InChI=1S/C18H17F2NOS/c19-13-3-1-2-12(10-13)4-7-18(22)21-16-8-9-23-17-6-5-14(20)11-15(16)17/h1-3,5-6,10-11,16H,4,7-9H2,(H,21,22). The first-order chi connectivity index (χ1) is 11.1.